The molecule has 216 valence electrons. The van der Waals surface area contributed by atoms with Crippen LogP contribution in [0.2, 0.25) is 0 Å². The van der Waals surface area contributed by atoms with Gasteiger partial charge in [-0.1, -0.05) is 75.0 Å². The van der Waals surface area contributed by atoms with Gasteiger partial charge >= 0.3 is 21.1 Å². The molecule has 1 fully saturated rings. The number of hydrogen-bond acceptors (Lipinski definition) is 4. The van der Waals surface area contributed by atoms with Gasteiger partial charge in [-0.25, -0.2) is 4.98 Å². The molecule has 2 aromatic heterocycles. The van der Waals surface area contributed by atoms with Crippen LogP contribution in [0.3, 0.4) is 0 Å². The summed E-state index contributed by atoms with van der Waals surface area (Å²) in [6, 6.07) is 26.3. The Balaban J connectivity index is 0.00000316. The Kier molecular flexibility index (Phi) is 7.51. The van der Waals surface area contributed by atoms with Crippen LogP contribution >= 0.6 is 0 Å². The van der Waals surface area contributed by atoms with E-state index in [1.807, 2.05) is 18.3 Å². The van der Waals surface area contributed by atoms with Crippen molar-refractivity contribution < 1.29 is 30.5 Å². The summed E-state index contributed by atoms with van der Waals surface area (Å²) in [6.07, 6.45) is 6.69. The third-order valence-electron chi connectivity index (χ3n) is 8.30. The number of aliphatic imine (C=N–C) groups is 1. The second kappa shape index (κ2) is 11.0. The fourth-order valence-corrected chi connectivity index (χ4v) is 6.13. The molecule has 1 aliphatic carbocycles. The van der Waals surface area contributed by atoms with Gasteiger partial charge in [-0.15, -0.1) is 29.1 Å². The van der Waals surface area contributed by atoms with Gasteiger partial charge in [0.1, 0.15) is 17.8 Å². The van der Waals surface area contributed by atoms with Gasteiger partial charge in [-0.05, 0) is 60.7 Å². The van der Waals surface area contributed by atoms with Gasteiger partial charge in [-0.2, -0.15) is 6.07 Å². The average Bonchev–Trinajstić information content (AvgIpc) is 3.51. The van der Waals surface area contributed by atoms with Crippen molar-refractivity contribution >= 4 is 27.7 Å². The third kappa shape index (κ3) is 5.28. The van der Waals surface area contributed by atoms with Crippen molar-refractivity contribution in [3.63, 3.8) is 0 Å². The maximum Gasteiger partial charge on any atom is 2.00 e. The van der Waals surface area contributed by atoms with E-state index in [1.54, 1.807) is 0 Å². The molecule has 2 atom stereocenters. The summed E-state index contributed by atoms with van der Waals surface area (Å²) in [4.78, 5) is 9.70. The summed E-state index contributed by atoms with van der Waals surface area (Å²) < 4.78 is 14.9. The van der Waals surface area contributed by atoms with E-state index in [2.05, 4.69) is 93.8 Å². The Hall–Kier alpha value is -3.43. The Bertz CT molecular complexity index is 1830. The van der Waals surface area contributed by atoms with Gasteiger partial charge in [-0.3, -0.25) is 4.99 Å². The van der Waals surface area contributed by atoms with E-state index in [1.165, 1.54) is 29.4 Å². The molecule has 2 aliphatic rings. The summed E-state index contributed by atoms with van der Waals surface area (Å²) in [5, 5.41) is 2.29. The topological polar surface area (TPSA) is 48.6 Å². The minimum absolute atomic E-state index is 0. The maximum atomic E-state index is 6.42. The number of aryl methyl sites for hydroxylation is 2. The molecular weight excluding hydrogens is 701 g/mol. The molecule has 5 aromatic rings. The molecule has 3 heterocycles. The summed E-state index contributed by atoms with van der Waals surface area (Å²) in [7, 11) is 0. The van der Waals surface area contributed by atoms with Crippen LogP contribution in [0.4, 0.5) is 0 Å². The normalized spacial score (nSPS) is 18.4. The van der Waals surface area contributed by atoms with Crippen LogP contribution in [0, 0.1) is 26.0 Å². The molecule has 0 bridgehead atoms. The van der Waals surface area contributed by atoms with E-state index in [0.717, 1.165) is 46.2 Å². The molecule has 0 unspecified atom stereocenters. The molecule has 0 amide bonds. The zero-order valence-corrected chi connectivity index (χ0v) is 27.0. The number of nitrogens with zero attached hydrogens (tertiary/aromatic N) is 3. The van der Waals surface area contributed by atoms with E-state index in [4.69, 9.17) is 19.5 Å². The fraction of sp³-hybridized carbons (Fsp3) is 0.333. The number of hydrogen-bond donors (Lipinski definition) is 0. The smallest absolute Gasteiger partial charge is 0.515 e. The van der Waals surface area contributed by atoms with Crippen molar-refractivity contribution in [2.45, 2.75) is 77.9 Å². The van der Waals surface area contributed by atoms with Gasteiger partial charge in [0, 0.05) is 23.2 Å². The van der Waals surface area contributed by atoms with Gasteiger partial charge in [0.15, 0.2) is 0 Å². The molecular formula is C36H35N3O2Pt. The van der Waals surface area contributed by atoms with Gasteiger partial charge in [0.05, 0.1) is 6.04 Å². The Morgan fingerprint density at radius 2 is 1.71 bits per heavy atom. The molecule has 0 saturated heterocycles. The van der Waals surface area contributed by atoms with E-state index < -0.39 is 0 Å². The number of benzene rings is 3. The van der Waals surface area contributed by atoms with Crippen LogP contribution in [0.5, 0.6) is 11.5 Å². The number of aromatic nitrogens is 2. The van der Waals surface area contributed by atoms with Crippen LogP contribution in [-0.2, 0) is 31.2 Å². The molecule has 42 heavy (non-hydrogen) atoms. The molecule has 0 radical (unpaired) electrons. The standard InChI is InChI=1S/C36H35N3O2.Pt/c1-22-10-13-31-29(18-22)28-12-11-26(21-32(28)39(31)34-20-25(14-15-37-34)36(3,4)5)40-27-17-23(2)16-24(19-27)35-38-30-8-6-7-9-33(30)41-35;/h10-18,20,30,33H,6-9H2,1-5H3;/q-2;+2/t30-,33-;/m0./s1. The van der Waals surface area contributed by atoms with Crippen molar-refractivity contribution in [3.05, 3.63) is 95.2 Å². The van der Waals surface area contributed by atoms with Crippen molar-refractivity contribution in [2.75, 3.05) is 0 Å². The first kappa shape index (κ1) is 28.7. The van der Waals surface area contributed by atoms with Gasteiger partial charge in [0.2, 0.25) is 0 Å². The molecule has 0 N–H and O–H groups in total. The Morgan fingerprint density at radius 1 is 0.881 bits per heavy atom. The monoisotopic (exact) mass is 736 g/mol. The Morgan fingerprint density at radius 3 is 2.52 bits per heavy atom. The van der Waals surface area contributed by atoms with Crippen LogP contribution in [0.15, 0.2) is 65.8 Å². The number of rotatable bonds is 4. The minimum Gasteiger partial charge on any atom is -0.515 e. The van der Waals surface area contributed by atoms with E-state index in [9.17, 15) is 0 Å². The SMILES string of the molecule is Cc1cc(Oc2[c-]c3c(cc2)c2cc(C)ccc2n3-c2cc(C(C)(C)C)ccn2)[c-]c(C2=N[C@H]3CCCC[C@@H]3O2)c1.[Pt+2]. The van der Waals surface area contributed by atoms with Crippen LogP contribution in [0.25, 0.3) is 27.6 Å². The summed E-state index contributed by atoms with van der Waals surface area (Å²) >= 11 is 0. The Labute approximate surface area is 262 Å². The predicted molar refractivity (Wildman–Crippen MR) is 165 cm³/mol. The van der Waals surface area contributed by atoms with Gasteiger partial charge in [0.25, 0.3) is 0 Å². The predicted octanol–water partition coefficient (Wildman–Crippen LogP) is 8.57. The number of pyridine rings is 1. The minimum atomic E-state index is 0. The van der Waals surface area contributed by atoms with E-state index in [-0.39, 0.29) is 38.6 Å². The quantitative estimate of drug-likeness (QED) is 0.174. The second-order valence-corrected chi connectivity index (χ2v) is 12.6. The largest absolute Gasteiger partial charge is 2.00 e. The van der Waals surface area contributed by atoms with Crippen LogP contribution in [-0.4, -0.2) is 27.6 Å². The van der Waals surface area contributed by atoms with Crippen LogP contribution in [0.1, 0.15) is 68.7 Å². The van der Waals surface area contributed by atoms with E-state index >= 15 is 0 Å². The maximum absolute atomic E-state index is 6.42. The summed E-state index contributed by atoms with van der Waals surface area (Å²) in [6.45, 7) is 10.9. The summed E-state index contributed by atoms with van der Waals surface area (Å²) in [5.41, 5.74) is 6.41. The van der Waals surface area contributed by atoms with Gasteiger partial charge < -0.3 is 14.0 Å². The second-order valence-electron chi connectivity index (χ2n) is 12.6. The zero-order valence-electron chi connectivity index (χ0n) is 24.7. The molecule has 5 nitrogen and oxygen atoms in total. The van der Waals surface area contributed by atoms with Crippen molar-refractivity contribution in [1.29, 1.82) is 0 Å². The van der Waals surface area contributed by atoms with E-state index in [0.29, 0.717) is 17.4 Å². The number of ether oxygens (including phenoxy) is 2. The van der Waals surface area contributed by atoms with Crippen molar-refractivity contribution in [1.82, 2.24) is 9.55 Å². The van der Waals surface area contributed by atoms with Crippen molar-refractivity contribution in [3.8, 4) is 17.3 Å². The number of fused-ring (bicyclic) bond motifs is 4. The molecule has 1 saturated carbocycles. The first-order valence-electron chi connectivity index (χ1n) is 14.6. The first-order chi connectivity index (χ1) is 19.7. The fourth-order valence-electron chi connectivity index (χ4n) is 6.13. The molecule has 0 spiro atoms. The molecule has 1 aliphatic heterocycles. The first-order valence-corrected chi connectivity index (χ1v) is 14.6. The average molecular weight is 737 g/mol. The third-order valence-corrected chi connectivity index (χ3v) is 8.30. The molecule has 6 heteroatoms. The zero-order chi connectivity index (χ0) is 28.3. The summed E-state index contributed by atoms with van der Waals surface area (Å²) in [5.74, 6) is 2.82. The molecule has 7 rings (SSSR count). The van der Waals surface area contributed by atoms with Crippen LogP contribution < -0.4 is 4.74 Å². The molecule has 3 aromatic carbocycles. The van der Waals surface area contributed by atoms with Crippen molar-refractivity contribution in [2.24, 2.45) is 4.99 Å².